The van der Waals surface area contributed by atoms with Gasteiger partial charge in [-0.3, -0.25) is 0 Å². The monoisotopic (exact) mass is 203 g/mol. The van der Waals surface area contributed by atoms with Crippen molar-refractivity contribution in [1.82, 2.24) is 4.98 Å². The maximum absolute atomic E-state index is 12.9. The number of rotatable bonds is 2. The van der Waals surface area contributed by atoms with Crippen LogP contribution in [0.4, 0.5) is 21.6 Å². The molecule has 0 fully saturated rings. The van der Waals surface area contributed by atoms with Crippen molar-refractivity contribution in [3.63, 3.8) is 0 Å². The number of nitrogen functional groups attached to an aromatic ring is 1. The highest BCUT2D eigenvalue weighted by Gasteiger charge is 1.99. The third-order valence-corrected chi connectivity index (χ3v) is 1.94. The zero-order valence-electron chi connectivity index (χ0n) is 7.94. The zero-order valence-corrected chi connectivity index (χ0v) is 7.94. The Bertz CT molecular complexity index is 471. The van der Waals surface area contributed by atoms with Gasteiger partial charge in [-0.25, -0.2) is 9.37 Å². The summed E-state index contributed by atoms with van der Waals surface area (Å²) in [5, 5.41) is 2.99. The molecule has 3 nitrogen and oxygen atoms in total. The molecule has 1 aromatic carbocycles. The van der Waals surface area contributed by atoms with Gasteiger partial charge in [0.15, 0.2) is 0 Å². The number of nitrogens with one attached hydrogen (secondary N) is 1. The predicted octanol–water partition coefficient (Wildman–Crippen LogP) is 2.55. The first-order valence-corrected chi connectivity index (χ1v) is 4.49. The molecule has 0 radical (unpaired) electrons. The van der Waals surface area contributed by atoms with E-state index >= 15 is 0 Å². The lowest BCUT2D eigenvalue weighted by Gasteiger charge is -2.07. The molecule has 15 heavy (non-hydrogen) atoms. The molecule has 0 saturated heterocycles. The summed E-state index contributed by atoms with van der Waals surface area (Å²) in [4.78, 5) is 3.92. The van der Waals surface area contributed by atoms with Crippen molar-refractivity contribution in [2.24, 2.45) is 0 Å². The molecule has 76 valence electrons. The van der Waals surface area contributed by atoms with Crippen molar-refractivity contribution in [2.45, 2.75) is 0 Å². The van der Waals surface area contributed by atoms with Crippen molar-refractivity contribution in [2.75, 3.05) is 11.1 Å². The fourth-order valence-corrected chi connectivity index (χ4v) is 1.24. The Balaban J connectivity index is 2.26. The lowest BCUT2D eigenvalue weighted by Crippen LogP contribution is -1.98. The molecule has 1 heterocycles. The van der Waals surface area contributed by atoms with Gasteiger partial charge in [-0.2, -0.15) is 0 Å². The number of hydrogen-bond acceptors (Lipinski definition) is 3. The molecule has 0 amide bonds. The number of hydrogen-bond donors (Lipinski definition) is 2. The Morgan fingerprint density at radius 2 is 2.07 bits per heavy atom. The van der Waals surface area contributed by atoms with Gasteiger partial charge in [0.1, 0.15) is 11.6 Å². The normalized spacial score (nSPS) is 9.93. The first-order valence-electron chi connectivity index (χ1n) is 4.49. The van der Waals surface area contributed by atoms with Crippen LogP contribution in [0, 0.1) is 5.82 Å². The minimum Gasteiger partial charge on any atom is -0.382 e. The van der Waals surface area contributed by atoms with Gasteiger partial charge >= 0.3 is 0 Å². The highest BCUT2D eigenvalue weighted by atomic mass is 19.1. The molecule has 2 rings (SSSR count). The van der Waals surface area contributed by atoms with E-state index in [1.807, 2.05) is 0 Å². The highest BCUT2D eigenvalue weighted by Crippen LogP contribution is 2.20. The molecule has 3 N–H and O–H groups in total. The van der Waals surface area contributed by atoms with Gasteiger partial charge in [-0.1, -0.05) is 6.07 Å². The highest BCUT2D eigenvalue weighted by molar-refractivity contribution is 5.69. The number of aromatic nitrogens is 1. The third kappa shape index (κ3) is 2.22. The van der Waals surface area contributed by atoms with E-state index in [1.54, 1.807) is 30.5 Å². The third-order valence-electron chi connectivity index (χ3n) is 1.94. The van der Waals surface area contributed by atoms with Crippen LogP contribution in [0.2, 0.25) is 0 Å². The number of halogens is 1. The molecule has 1 aromatic heterocycles. The van der Waals surface area contributed by atoms with Gasteiger partial charge in [-0.05, 0) is 30.3 Å². The lowest BCUT2D eigenvalue weighted by atomic mass is 10.3. The van der Waals surface area contributed by atoms with Crippen molar-refractivity contribution in [3.05, 3.63) is 48.4 Å². The molecular formula is C11H10FN3. The molecule has 4 heteroatoms. The smallest absolute Gasteiger partial charge is 0.147 e. The minimum atomic E-state index is -0.289. The molecule has 0 aliphatic heterocycles. The summed E-state index contributed by atoms with van der Waals surface area (Å²) in [6.45, 7) is 0. The average molecular weight is 203 g/mol. The van der Waals surface area contributed by atoms with Crippen LogP contribution >= 0.6 is 0 Å². The fraction of sp³-hybridized carbons (Fsp3) is 0. The number of pyridine rings is 1. The van der Waals surface area contributed by atoms with Crippen molar-refractivity contribution in [1.29, 1.82) is 0 Å². The van der Waals surface area contributed by atoms with E-state index in [2.05, 4.69) is 10.3 Å². The largest absolute Gasteiger partial charge is 0.382 e. The van der Waals surface area contributed by atoms with Crippen molar-refractivity contribution in [3.8, 4) is 0 Å². The van der Waals surface area contributed by atoms with Gasteiger partial charge in [-0.15, -0.1) is 0 Å². The minimum absolute atomic E-state index is 0.289. The molecule has 0 saturated carbocycles. The second-order valence-electron chi connectivity index (χ2n) is 3.07. The summed E-state index contributed by atoms with van der Waals surface area (Å²) >= 11 is 0. The summed E-state index contributed by atoms with van der Waals surface area (Å²) in [6, 6.07) is 9.72. The molecule has 0 unspecified atom stereocenters. The Morgan fingerprint density at radius 1 is 1.20 bits per heavy atom. The van der Waals surface area contributed by atoms with Crippen LogP contribution in [0.15, 0.2) is 42.6 Å². The Labute approximate surface area is 86.8 Å². The molecule has 2 aromatic rings. The second-order valence-corrected chi connectivity index (χ2v) is 3.07. The Hall–Kier alpha value is -2.10. The fourth-order valence-electron chi connectivity index (χ4n) is 1.24. The molecule has 0 atom stereocenters. The summed E-state index contributed by atoms with van der Waals surface area (Å²) in [5.74, 6) is 0.101. The molecule has 0 spiro atoms. The van der Waals surface area contributed by atoms with E-state index in [9.17, 15) is 4.39 Å². The van der Waals surface area contributed by atoms with Crippen LogP contribution in [0.1, 0.15) is 0 Å². The summed E-state index contributed by atoms with van der Waals surface area (Å²) in [7, 11) is 0. The first-order chi connectivity index (χ1) is 7.25. The molecule has 0 bridgehead atoms. The standard InChI is InChI=1S/C11H10FN3/c12-8-3-1-4-9(7-8)15-10-5-2-6-14-11(10)13/h1-7,15H,(H2,13,14). The van der Waals surface area contributed by atoms with Crippen LogP contribution in [-0.2, 0) is 0 Å². The van der Waals surface area contributed by atoms with Gasteiger partial charge in [0.25, 0.3) is 0 Å². The van der Waals surface area contributed by atoms with E-state index in [0.29, 0.717) is 17.2 Å². The predicted molar refractivity (Wildman–Crippen MR) is 58.3 cm³/mol. The number of nitrogens with two attached hydrogens (primary N) is 1. The van der Waals surface area contributed by atoms with Crippen LogP contribution in [0.5, 0.6) is 0 Å². The summed E-state index contributed by atoms with van der Waals surface area (Å²) in [5.41, 5.74) is 6.96. The van der Waals surface area contributed by atoms with E-state index in [1.165, 1.54) is 12.1 Å². The first kappa shape index (κ1) is 9.45. The number of anilines is 3. The second kappa shape index (κ2) is 3.96. The maximum atomic E-state index is 12.9. The van der Waals surface area contributed by atoms with Gasteiger partial charge in [0, 0.05) is 11.9 Å². The number of benzene rings is 1. The number of nitrogens with zero attached hydrogens (tertiary/aromatic N) is 1. The Morgan fingerprint density at radius 3 is 2.80 bits per heavy atom. The molecule has 0 aliphatic carbocycles. The molecular weight excluding hydrogens is 193 g/mol. The van der Waals surface area contributed by atoms with Crippen LogP contribution < -0.4 is 11.1 Å². The van der Waals surface area contributed by atoms with Crippen LogP contribution in [-0.4, -0.2) is 4.98 Å². The van der Waals surface area contributed by atoms with Gasteiger partial charge in [0.05, 0.1) is 5.69 Å². The molecule has 0 aliphatic rings. The summed E-state index contributed by atoms with van der Waals surface area (Å²) in [6.07, 6.45) is 1.60. The lowest BCUT2D eigenvalue weighted by molar-refractivity contribution is 0.628. The van der Waals surface area contributed by atoms with E-state index in [4.69, 9.17) is 5.73 Å². The Kier molecular flexibility index (Phi) is 2.49. The quantitative estimate of drug-likeness (QED) is 0.788. The average Bonchev–Trinajstić information content (AvgIpc) is 2.22. The van der Waals surface area contributed by atoms with Gasteiger partial charge < -0.3 is 11.1 Å². The SMILES string of the molecule is Nc1ncccc1Nc1cccc(F)c1. The zero-order chi connectivity index (χ0) is 10.7. The van der Waals surface area contributed by atoms with E-state index < -0.39 is 0 Å². The summed E-state index contributed by atoms with van der Waals surface area (Å²) < 4.78 is 12.9. The van der Waals surface area contributed by atoms with Crippen LogP contribution in [0.25, 0.3) is 0 Å². The van der Waals surface area contributed by atoms with Crippen molar-refractivity contribution >= 4 is 17.2 Å². The van der Waals surface area contributed by atoms with E-state index in [0.717, 1.165) is 0 Å². The van der Waals surface area contributed by atoms with Gasteiger partial charge in [0.2, 0.25) is 0 Å². The van der Waals surface area contributed by atoms with Crippen LogP contribution in [0.3, 0.4) is 0 Å². The maximum Gasteiger partial charge on any atom is 0.147 e. The topological polar surface area (TPSA) is 50.9 Å². The van der Waals surface area contributed by atoms with E-state index in [-0.39, 0.29) is 5.82 Å². The van der Waals surface area contributed by atoms with Crippen molar-refractivity contribution < 1.29 is 4.39 Å².